The molecular formula is C11H11Cl2N3. The molecule has 1 aromatic heterocycles. The number of H-pyrrole nitrogens is 1. The first kappa shape index (κ1) is 11.3. The maximum absolute atomic E-state index is 6.06. The molecule has 16 heavy (non-hydrogen) atoms. The molecule has 0 saturated carbocycles. The Hall–Kier alpha value is -1.19. The number of hydrogen-bond acceptors (Lipinski definition) is 2. The summed E-state index contributed by atoms with van der Waals surface area (Å²) < 4.78 is 0. The summed E-state index contributed by atoms with van der Waals surface area (Å²) in [6.07, 6.45) is 1.79. The Morgan fingerprint density at radius 1 is 1.38 bits per heavy atom. The zero-order valence-corrected chi connectivity index (χ0v) is 10.2. The highest BCUT2D eigenvalue weighted by molar-refractivity contribution is 6.43. The monoisotopic (exact) mass is 255 g/mol. The average Bonchev–Trinajstić information content (AvgIpc) is 2.67. The second kappa shape index (κ2) is 4.76. The van der Waals surface area contributed by atoms with E-state index >= 15 is 0 Å². The minimum absolute atomic E-state index is 0.547. The molecule has 2 N–H and O–H groups in total. The molecule has 1 heterocycles. The van der Waals surface area contributed by atoms with Gasteiger partial charge in [0.05, 0.1) is 21.9 Å². The molecule has 0 radical (unpaired) electrons. The van der Waals surface area contributed by atoms with Gasteiger partial charge in [0.2, 0.25) is 0 Å². The molecule has 0 aliphatic rings. The van der Waals surface area contributed by atoms with Crippen LogP contribution in [0.4, 0.5) is 5.69 Å². The Labute approximate surface area is 104 Å². The quantitative estimate of drug-likeness (QED) is 0.880. The van der Waals surface area contributed by atoms with Crippen LogP contribution in [0.15, 0.2) is 24.4 Å². The minimum atomic E-state index is 0.547. The lowest BCUT2D eigenvalue weighted by molar-refractivity contribution is 1.04. The summed E-state index contributed by atoms with van der Waals surface area (Å²) >= 11 is 12.0. The smallest absolute Gasteiger partial charge is 0.0823 e. The van der Waals surface area contributed by atoms with Gasteiger partial charge in [0.15, 0.2) is 0 Å². The lowest BCUT2D eigenvalue weighted by Gasteiger charge is -2.08. The van der Waals surface area contributed by atoms with Crippen LogP contribution in [0, 0.1) is 6.92 Å². The predicted octanol–water partition coefficient (Wildman–Crippen LogP) is 3.64. The fourth-order valence-electron chi connectivity index (χ4n) is 1.38. The molecule has 0 amide bonds. The van der Waals surface area contributed by atoms with Crippen LogP contribution < -0.4 is 5.32 Å². The molecule has 2 rings (SSSR count). The predicted molar refractivity (Wildman–Crippen MR) is 67.1 cm³/mol. The summed E-state index contributed by atoms with van der Waals surface area (Å²) in [5.74, 6) is 0. The van der Waals surface area contributed by atoms with E-state index in [1.54, 1.807) is 12.3 Å². The molecule has 0 saturated heterocycles. The zero-order valence-electron chi connectivity index (χ0n) is 8.72. The Morgan fingerprint density at radius 3 is 2.88 bits per heavy atom. The minimum Gasteiger partial charge on any atom is -0.380 e. The van der Waals surface area contributed by atoms with E-state index in [9.17, 15) is 0 Å². The lowest BCUT2D eigenvalue weighted by Crippen LogP contribution is -2.00. The van der Waals surface area contributed by atoms with Gasteiger partial charge in [-0.25, -0.2) is 0 Å². The Bertz CT molecular complexity index is 494. The molecule has 0 fully saturated rings. The average molecular weight is 256 g/mol. The molecule has 3 nitrogen and oxygen atoms in total. The fraction of sp³-hybridized carbons (Fsp3) is 0.182. The van der Waals surface area contributed by atoms with Gasteiger partial charge in [-0.15, -0.1) is 0 Å². The number of benzene rings is 1. The first-order chi connectivity index (χ1) is 7.68. The number of nitrogens with one attached hydrogen (secondary N) is 2. The van der Waals surface area contributed by atoms with Crippen LogP contribution >= 0.6 is 23.2 Å². The van der Waals surface area contributed by atoms with Crippen molar-refractivity contribution in [2.75, 3.05) is 5.32 Å². The van der Waals surface area contributed by atoms with E-state index in [1.165, 1.54) is 0 Å². The molecule has 0 unspecified atom stereocenters. The van der Waals surface area contributed by atoms with Crippen molar-refractivity contribution in [3.05, 3.63) is 45.7 Å². The van der Waals surface area contributed by atoms with Crippen molar-refractivity contribution in [2.24, 2.45) is 0 Å². The van der Waals surface area contributed by atoms with Crippen LogP contribution in [0.5, 0.6) is 0 Å². The van der Waals surface area contributed by atoms with Gasteiger partial charge in [0.1, 0.15) is 0 Å². The normalized spacial score (nSPS) is 10.4. The summed E-state index contributed by atoms with van der Waals surface area (Å²) in [5.41, 5.74) is 2.98. The van der Waals surface area contributed by atoms with Crippen LogP contribution in [0.1, 0.15) is 11.3 Å². The second-order valence-electron chi connectivity index (χ2n) is 3.48. The van der Waals surface area contributed by atoms with Crippen LogP contribution in [-0.2, 0) is 6.54 Å². The van der Waals surface area contributed by atoms with E-state index in [0.717, 1.165) is 16.9 Å². The molecule has 0 bridgehead atoms. The largest absolute Gasteiger partial charge is 0.380 e. The van der Waals surface area contributed by atoms with Crippen molar-refractivity contribution in [3.8, 4) is 0 Å². The number of rotatable bonds is 3. The van der Waals surface area contributed by atoms with E-state index in [1.807, 2.05) is 19.1 Å². The van der Waals surface area contributed by atoms with Crippen molar-refractivity contribution in [3.63, 3.8) is 0 Å². The lowest BCUT2D eigenvalue weighted by atomic mass is 10.2. The highest BCUT2D eigenvalue weighted by Crippen LogP contribution is 2.29. The van der Waals surface area contributed by atoms with E-state index < -0.39 is 0 Å². The van der Waals surface area contributed by atoms with Gasteiger partial charge in [-0.3, -0.25) is 5.10 Å². The summed E-state index contributed by atoms with van der Waals surface area (Å²) in [6, 6.07) is 5.51. The number of aryl methyl sites for hydroxylation is 1. The van der Waals surface area contributed by atoms with Gasteiger partial charge in [-0.1, -0.05) is 29.3 Å². The summed E-state index contributed by atoms with van der Waals surface area (Å²) in [4.78, 5) is 0. The Kier molecular flexibility index (Phi) is 3.36. The molecular weight excluding hydrogens is 245 g/mol. The summed E-state index contributed by atoms with van der Waals surface area (Å²) in [6.45, 7) is 2.64. The van der Waals surface area contributed by atoms with E-state index in [4.69, 9.17) is 23.2 Å². The third-order valence-electron chi connectivity index (χ3n) is 2.36. The van der Waals surface area contributed by atoms with Crippen LogP contribution in [0.3, 0.4) is 0 Å². The molecule has 0 atom stereocenters. The zero-order chi connectivity index (χ0) is 11.5. The third kappa shape index (κ3) is 2.31. The van der Waals surface area contributed by atoms with Crippen molar-refractivity contribution < 1.29 is 0 Å². The van der Waals surface area contributed by atoms with Crippen molar-refractivity contribution >= 4 is 28.9 Å². The maximum Gasteiger partial charge on any atom is 0.0823 e. The van der Waals surface area contributed by atoms with Crippen molar-refractivity contribution in [1.82, 2.24) is 10.2 Å². The van der Waals surface area contributed by atoms with Gasteiger partial charge in [0.25, 0.3) is 0 Å². The van der Waals surface area contributed by atoms with E-state index in [2.05, 4.69) is 15.5 Å². The Balaban J connectivity index is 2.11. The SMILES string of the molecule is Cc1[nH]ncc1CNc1cccc(Cl)c1Cl. The molecule has 0 spiro atoms. The number of aromatic amines is 1. The van der Waals surface area contributed by atoms with Crippen LogP contribution in [-0.4, -0.2) is 10.2 Å². The maximum atomic E-state index is 6.06. The Morgan fingerprint density at radius 2 is 2.19 bits per heavy atom. The van der Waals surface area contributed by atoms with Gasteiger partial charge < -0.3 is 5.32 Å². The van der Waals surface area contributed by atoms with E-state index in [-0.39, 0.29) is 0 Å². The first-order valence-corrected chi connectivity index (χ1v) is 5.61. The standard InChI is InChI=1S/C11H11Cl2N3/c1-7-8(6-15-16-7)5-14-10-4-2-3-9(12)11(10)13/h2-4,6,14H,5H2,1H3,(H,15,16). The highest BCUT2D eigenvalue weighted by Gasteiger charge is 2.05. The number of nitrogens with zero attached hydrogens (tertiary/aromatic N) is 1. The number of anilines is 1. The molecule has 2 aromatic rings. The van der Waals surface area contributed by atoms with Gasteiger partial charge >= 0.3 is 0 Å². The second-order valence-corrected chi connectivity index (χ2v) is 4.26. The molecule has 0 aliphatic heterocycles. The van der Waals surface area contributed by atoms with Crippen LogP contribution in [0.2, 0.25) is 10.0 Å². The van der Waals surface area contributed by atoms with Gasteiger partial charge in [-0.2, -0.15) is 5.10 Å². The molecule has 1 aromatic carbocycles. The van der Waals surface area contributed by atoms with E-state index in [0.29, 0.717) is 16.6 Å². The number of hydrogen-bond donors (Lipinski definition) is 2. The number of aromatic nitrogens is 2. The highest BCUT2D eigenvalue weighted by atomic mass is 35.5. The summed E-state index contributed by atoms with van der Waals surface area (Å²) in [7, 11) is 0. The summed E-state index contributed by atoms with van der Waals surface area (Å²) in [5, 5.41) is 11.2. The number of halogens is 2. The van der Waals surface area contributed by atoms with Gasteiger partial charge in [0, 0.05) is 17.8 Å². The third-order valence-corrected chi connectivity index (χ3v) is 3.17. The molecule has 84 valence electrons. The van der Waals surface area contributed by atoms with Crippen LogP contribution in [0.25, 0.3) is 0 Å². The topological polar surface area (TPSA) is 40.7 Å². The molecule has 0 aliphatic carbocycles. The first-order valence-electron chi connectivity index (χ1n) is 4.85. The molecule has 5 heteroatoms. The van der Waals surface area contributed by atoms with Crippen molar-refractivity contribution in [1.29, 1.82) is 0 Å². The van der Waals surface area contributed by atoms with Gasteiger partial charge in [-0.05, 0) is 19.1 Å². The van der Waals surface area contributed by atoms with Crippen molar-refractivity contribution in [2.45, 2.75) is 13.5 Å². The fourth-order valence-corrected chi connectivity index (χ4v) is 1.75.